The summed E-state index contributed by atoms with van der Waals surface area (Å²) in [6.07, 6.45) is 3.16. The smallest absolute Gasteiger partial charge is 0.0667 e. The van der Waals surface area contributed by atoms with E-state index in [9.17, 15) is 5.11 Å². The first-order valence-electron chi connectivity index (χ1n) is 6.41. The van der Waals surface area contributed by atoms with E-state index in [1.165, 1.54) is 11.1 Å². The summed E-state index contributed by atoms with van der Waals surface area (Å²) in [5.74, 6) is 0.282. The van der Waals surface area contributed by atoms with E-state index in [4.69, 9.17) is 0 Å². The molecule has 0 radical (unpaired) electrons. The Morgan fingerprint density at radius 3 is 2.83 bits per heavy atom. The topological polar surface area (TPSA) is 33.1 Å². The summed E-state index contributed by atoms with van der Waals surface area (Å²) >= 11 is 0. The SMILES string of the molecule is Cc1ccc(CC(O)C2Cc3ccccc32)nc1. The predicted molar refractivity (Wildman–Crippen MR) is 71.6 cm³/mol. The summed E-state index contributed by atoms with van der Waals surface area (Å²) in [5.41, 5.74) is 4.80. The largest absolute Gasteiger partial charge is 0.392 e. The van der Waals surface area contributed by atoms with E-state index >= 15 is 0 Å². The quantitative estimate of drug-likeness (QED) is 0.893. The molecule has 0 aliphatic heterocycles. The maximum atomic E-state index is 10.3. The second-order valence-corrected chi connectivity index (χ2v) is 5.11. The Balaban J connectivity index is 1.70. The molecular weight excluding hydrogens is 222 g/mol. The minimum atomic E-state index is -0.324. The molecule has 1 N–H and O–H groups in total. The maximum absolute atomic E-state index is 10.3. The molecule has 0 spiro atoms. The van der Waals surface area contributed by atoms with Crippen molar-refractivity contribution in [1.82, 2.24) is 4.98 Å². The van der Waals surface area contributed by atoms with Crippen molar-refractivity contribution < 1.29 is 5.11 Å². The standard InChI is InChI=1S/C16H17NO/c1-11-6-7-13(17-10-11)9-16(18)15-8-12-4-2-3-5-14(12)15/h2-7,10,15-16,18H,8-9H2,1H3. The highest BCUT2D eigenvalue weighted by molar-refractivity contribution is 5.41. The molecule has 2 nitrogen and oxygen atoms in total. The fourth-order valence-electron chi connectivity index (χ4n) is 2.62. The van der Waals surface area contributed by atoms with Crippen LogP contribution in [0.3, 0.4) is 0 Å². The van der Waals surface area contributed by atoms with Gasteiger partial charge in [-0.25, -0.2) is 0 Å². The molecule has 1 aliphatic rings. The third-order valence-electron chi connectivity index (χ3n) is 3.75. The lowest BCUT2D eigenvalue weighted by atomic mass is 9.73. The fraction of sp³-hybridized carbons (Fsp3) is 0.312. The molecule has 1 aromatic heterocycles. The number of hydrogen-bond acceptors (Lipinski definition) is 2. The van der Waals surface area contributed by atoms with Crippen LogP contribution >= 0.6 is 0 Å². The van der Waals surface area contributed by atoms with Crippen molar-refractivity contribution in [3.63, 3.8) is 0 Å². The van der Waals surface area contributed by atoms with Crippen LogP contribution in [0.2, 0.25) is 0 Å². The molecule has 0 fully saturated rings. The summed E-state index contributed by atoms with van der Waals surface area (Å²) in [4.78, 5) is 4.36. The molecule has 0 bridgehead atoms. The van der Waals surface area contributed by atoms with Crippen LogP contribution in [-0.2, 0) is 12.8 Å². The lowest BCUT2D eigenvalue weighted by molar-refractivity contribution is 0.132. The highest BCUT2D eigenvalue weighted by atomic mass is 16.3. The molecule has 18 heavy (non-hydrogen) atoms. The number of fused-ring (bicyclic) bond motifs is 1. The van der Waals surface area contributed by atoms with Crippen molar-refractivity contribution in [2.24, 2.45) is 0 Å². The van der Waals surface area contributed by atoms with Gasteiger partial charge in [-0.1, -0.05) is 30.3 Å². The van der Waals surface area contributed by atoms with Crippen LogP contribution in [0.1, 0.15) is 28.3 Å². The fourth-order valence-corrected chi connectivity index (χ4v) is 2.62. The molecule has 0 saturated heterocycles. The lowest BCUT2D eigenvalue weighted by Gasteiger charge is -2.33. The van der Waals surface area contributed by atoms with Crippen molar-refractivity contribution in [2.75, 3.05) is 0 Å². The second kappa shape index (κ2) is 4.54. The molecule has 0 amide bonds. The Morgan fingerprint density at radius 1 is 1.28 bits per heavy atom. The van der Waals surface area contributed by atoms with Crippen molar-refractivity contribution >= 4 is 0 Å². The molecule has 1 aliphatic carbocycles. The van der Waals surface area contributed by atoms with Crippen molar-refractivity contribution in [3.05, 3.63) is 65.0 Å². The van der Waals surface area contributed by atoms with Gasteiger partial charge in [-0.2, -0.15) is 0 Å². The first-order valence-corrected chi connectivity index (χ1v) is 6.41. The average molecular weight is 239 g/mol. The van der Waals surface area contributed by atoms with Crippen LogP contribution in [0.15, 0.2) is 42.6 Å². The van der Waals surface area contributed by atoms with E-state index in [1.807, 2.05) is 31.3 Å². The number of hydrogen-bond donors (Lipinski definition) is 1. The van der Waals surface area contributed by atoms with Crippen LogP contribution in [0.5, 0.6) is 0 Å². The zero-order valence-corrected chi connectivity index (χ0v) is 10.5. The number of aryl methyl sites for hydroxylation is 1. The molecule has 1 aromatic carbocycles. The van der Waals surface area contributed by atoms with Crippen LogP contribution in [-0.4, -0.2) is 16.2 Å². The Hall–Kier alpha value is -1.67. The third kappa shape index (κ3) is 2.04. The van der Waals surface area contributed by atoms with Crippen molar-refractivity contribution in [3.8, 4) is 0 Å². The minimum absolute atomic E-state index is 0.282. The van der Waals surface area contributed by atoms with E-state index in [2.05, 4.69) is 23.2 Å². The summed E-state index contributed by atoms with van der Waals surface area (Å²) in [6.45, 7) is 2.02. The van der Waals surface area contributed by atoms with Crippen molar-refractivity contribution in [2.45, 2.75) is 31.8 Å². The first kappa shape index (κ1) is 11.4. The van der Waals surface area contributed by atoms with E-state index in [0.29, 0.717) is 6.42 Å². The molecule has 2 unspecified atom stereocenters. The summed E-state index contributed by atoms with van der Waals surface area (Å²) in [5, 5.41) is 10.3. The van der Waals surface area contributed by atoms with Gasteiger partial charge in [-0.05, 0) is 36.1 Å². The molecule has 2 atom stereocenters. The van der Waals surface area contributed by atoms with E-state index in [-0.39, 0.29) is 12.0 Å². The van der Waals surface area contributed by atoms with Gasteiger partial charge in [0.25, 0.3) is 0 Å². The monoisotopic (exact) mass is 239 g/mol. The van der Waals surface area contributed by atoms with Crippen LogP contribution in [0, 0.1) is 6.92 Å². The Morgan fingerprint density at radius 2 is 2.11 bits per heavy atom. The number of benzene rings is 1. The van der Waals surface area contributed by atoms with Crippen LogP contribution < -0.4 is 0 Å². The Bertz CT molecular complexity index is 547. The number of rotatable bonds is 3. The van der Waals surface area contributed by atoms with Gasteiger partial charge < -0.3 is 5.11 Å². The van der Waals surface area contributed by atoms with Gasteiger partial charge in [0.1, 0.15) is 0 Å². The normalized spacial score (nSPS) is 18.9. The number of aromatic nitrogens is 1. The molecule has 2 aromatic rings. The second-order valence-electron chi connectivity index (χ2n) is 5.11. The number of aliphatic hydroxyl groups excluding tert-OH is 1. The average Bonchev–Trinajstić information content (AvgIpc) is 2.34. The van der Waals surface area contributed by atoms with Crippen LogP contribution in [0.4, 0.5) is 0 Å². The number of aliphatic hydroxyl groups is 1. The highest BCUT2D eigenvalue weighted by Crippen LogP contribution is 2.38. The van der Waals surface area contributed by atoms with E-state index in [0.717, 1.165) is 17.7 Å². The zero-order chi connectivity index (χ0) is 12.5. The summed E-state index contributed by atoms with van der Waals surface area (Å²) in [6, 6.07) is 12.4. The molecule has 1 heterocycles. The van der Waals surface area contributed by atoms with Crippen LogP contribution in [0.25, 0.3) is 0 Å². The van der Waals surface area contributed by atoms with E-state index in [1.54, 1.807) is 0 Å². The van der Waals surface area contributed by atoms with Gasteiger partial charge >= 0.3 is 0 Å². The zero-order valence-electron chi connectivity index (χ0n) is 10.5. The maximum Gasteiger partial charge on any atom is 0.0667 e. The number of nitrogens with zero attached hydrogens (tertiary/aromatic N) is 1. The molecule has 92 valence electrons. The highest BCUT2D eigenvalue weighted by Gasteiger charge is 2.31. The predicted octanol–water partition coefficient (Wildman–Crippen LogP) is 2.63. The van der Waals surface area contributed by atoms with Gasteiger partial charge in [0.2, 0.25) is 0 Å². The lowest BCUT2D eigenvalue weighted by Crippen LogP contribution is -2.30. The van der Waals surface area contributed by atoms with Gasteiger partial charge in [-0.15, -0.1) is 0 Å². The van der Waals surface area contributed by atoms with Gasteiger partial charge in [0.15, 0.2) is 0 Å². The molecule has 2 heteroatoms. The van der Waals surface area contributed by atoms with Gasteiger partial charge in [0.05, 0.1) is 6.10 Å². The molecule has 0 saturated carbocycles. The van der Waals surface area contributed by atoms with E-state index < -0.39 is 0 Å². The first-order chi connectivity index (χ1) is 8.74. The number of pyridine rings is 1. The Labute approximate surface area is 107 Å². The minimum Gasteiger partial charge on any atom is -0.392 e. The van der Waals surface area contributed by atoms with Crippen molar-refractivity contribution in [1.29, 1.82) is 0 Å². The Kier molecular flexibility index (Phi) is 2.88. The van der Waals surface area contributed by atoms with Gasteiger partial charge in [-0.3, -0.25) is 4.98 Å². The summed E-state index contributed by atoms with van der Waals surface area (Å²) in [7, 11) is 0. The molecular formula is C16H17NO. The third-order valence-corrected chi connectivity index (χ3v) is 3.75. The summed E-state index contributed by atoms with van der Waals surface area (Å²) < 4.78 is 0. The molecule has 3 rings (SSSR count). The van der Waals surface area contributed by atoms with Gasteiger partial charge in [0, 0.05) is 24.2 Å².